The highest BCUT2D eigenvalue weighted by atomic mass is 32.2. The zero-order valence-electron chi connectivity index (χ0n) is 9.59. The van der Waals surface area contributed by atoms with Crippen LogP contribution in [0.15, 0.2) is 23.6 Å². The van der Waals surface area contributed by atoms with Crippen molar-refractivity contribution in [1.29, 1.82) is 0 Å². The minimum absolute atomic E-state index is 0.0459. The third kappa shape index (κ3) is 5.44. The fourth-order valence-corrected chi connectivity index (χ4v) is 2.08. The van der Waals surface area contributed by atoms with E-state index in [1.807, 2.05) is 6.92 Å². The van der Waals surface area contributed by atoms with Crippen molar-refractivity contribution >= 4 is 11.8 Å². The summed E-state index contributed by atoms with van der Waals surface area (Å²) in [5, 5.41) is 9.94. The Hall–Kier alpha value is -0.650. The number of hydrogen-bond donors (Lipinski definition) is 2. The van der Waals surface area contributed by atoms with Gasteiger partial charge in [-0.1, -0.05) is 6.42 Å². The molecular formula is C11H19N3OS. The average molecular weight is 241 g/mol. The van der Waals surface area contributed by atoms with Crippen LogP contribution in [-0.4, -0.2) is 33.0 Å². The zero-order valence-corrected chi connectivity index (χ0v) is 10.4. The third-order valence-electron chi connectivity index (χ3n) is 2.29. The van der Waals surface area contributed by atoms with Gasteiger partial charge in [-0.05, 0) is 25.5 Å². The summed E-state index contributed by atoms with van der Waals surface area (Å²) in [6.45, 7) is 1.92. The van der Waals surface area contributed by atoms with Crippen molar-refractivity contribution < 1.29 is 5.11 Å². The molecule has 0 aromatic carbocycles. The summed E-state index contributed by atoms with van der Waals surface area (Å²) < 4.78 is 0. The normalized spacial score (nSPS) is 14.7. The Kier molecular flexibility index (Phi) is 5.73. The maximum atomic E-state index is 8.98. The first-order valence-electron chi connectivity index (χ1n) is 5.43. The van der Waals surface area contributed by atoms with E-state index in [-0.39, 0.29) is 6.61 Å². The van der Waals surface area contributed by atoms with Crippen LogP contribution in [0.25, 0.3) is 0 Å². The lowest BCUT2D eigenvalue weighted by atomic mass is 9.98. The molecule has 0 aliphatic rings. The number of aliphatic hydroxyl groups excluding tert-OH is 1. The van der Waals surface area contributed by atoms with Crippen molar-refractivity contribution in [1.82, 2.24) is 9.97 Å². The highest BCUT2D eigenvalue weighted by Gasteiger charge is 2.15. The molecule has 1 aromatic rings. The predicted molar refractivity (Wildman–Crippen MR) is 66.3 cm³/mol. The van der Waals surface area contributed by atoms with Gasteiger partial charge in [-0.15, -0.1) is 11.8 Å². The first kappa shape index (κ1) is 13.4. The molecule has 1 atom stereocenters. The van der Waals surface area contributed by atoms with Gasteiger partial charge in [0.1, 0.15) is 5.03 Å². The summed E-state index contributed by atoms with van der Waals surface area (Å²) in [7, 11) is 0. The molecule has 1 heterocycles. The number of nitrogens with two attached hydrogens (primary N) is 1. The fourth-order valence-electron chi connectivity index (χ4n) is 1.25. The number of rotatable bonds is 7. The lowest BCUT2D eigenvalue weighted by molar-refractivity contribution is 0.198. The molecule has 16 heavy (non-hydrogen) atoms. The molecule has 4 nitrogen and oxygen atoms in total. The van der Waals surface area contributed by atoms with Gasteiger partial charge in [-0.3, -0.25) is 4.98 Å². The smallest absolute Gasteiger partial charge is 0.114 e. The van der Waals surface area contributed by atoms with E-state index in [1.165, 1.54) is 0 Å². The van der Waals surface area contributed by atoms with Gasteiger partial charge in [0.05, 0.1) is 12.8 Å². The van der Waals surface area contributed by atoms with Crippen LogP contribution in [-0.2, 0) is 0 Å². The number of thioether (sulfide) groups is 1. The third-order valence-corrected chi connectivity index (χ3v) is 3.29. The van der Waals surface area contributed by atoms with Gasteiger partial charge in [0.15, 0.2) is 0 Å². The molecule has 0 saturated heterocycles. The van der Waals surface area contributed by atoms with Gasteiger partial charge in [-0.2, -0.15) is 0 Å². The minimum Gasteiger partial charge on any atom is -0.394 e. The Balaban J connectivity index is 2.09. The second-order valence-corrected chi connectivity index (χ2v) is 5.28. The standard InChI is InChI=1S/C11H19N3OS/c1-11(12,9-15)4-2-3-7-16-10-8-13-5-6-14-10/h5-6,8,15H,2-4,7,9,12H2,1H3. The summed E-state index contributed by atoms with van der Waals surface area (Å²) in [4.78, 5) is 8.18. The van der Waals surface area contributed by atoms with Crippen LogP contribution in [0.5, 0.6) is 0 Å². The molecule has 0 saturated carbocycles. The molecule has 0 amide bonds. The van der Waals surface area contributed by atoms with Crippen molar-refractivity contribution in [2.45, 2.75) is 36.8 Å². The molecule has 0 radical (unpaired) electrons. The summed E-state index contributed by atoms with van der Waals surface area (Å²) in [5.41, 5.74) is 5.40. The highest BCUT2D eigenvalue weighted by Crippen LogP contribution is 2.17. The van der Waals surface area contributed by atoms with Crippen LogP contribution in [0.2, 0.25) is 0 Å². The SMILES string of the molecule is CC(N)(CO)CCCCSc1cnccn1. The van der Waals surface area contributed by atoms with Gasteiger partial charge >= 0.3 is 0 Å². The highest BCUT2D eigenvalue weighted by molar-refractivity contribution is 7.99. The van der Waals surface area contributed by atoms with Crippen molar-refractivity contribution in [3.05, 3.63) is 18.6 Å². The van der Waals surface area contributed by atoms with E-state index < -0.39 is 5.54 Å². The molecule has 3 N–H and O–H groups in total. The Bertz CT molecular complexity index is 293. The van der Waals surface area contributed by atoms with E-state index in [9.17, 15) is 0 Å². The Morgan fingerprint density at radius 3 is 2.88 bits per heavy atom. The minimum atomic E-state index is -0.433. The van der Waals surface area contributed by atoms with E-state index in [0.29, 0.717) is 0 Å². The van der Waals surface area contributed by atoms with Crippen LogP contribution in [0.1, 0.15) is 26.2 Å². The molecule has 5 heteroatoms. The van der Waals surface area contributed by atoms with Gasteiger partial charge < -0.3 is 10.8 Å². The zero-order chi connectivity index (χ0) is 11.9. The molecule has 1 aromatic heterocycles. The fraction of sp³-hybridized carbons (Fsp3) is 0.636. The van der Waals surface area contributed by atoms with E-state index in [4.69, 9.17) is 10.8 Å². The number of aromatic nitrogens is 2. The molecule has 0 spiro atoms. The Labute approximate surface area is 101 Å². The number of nitrogens with zero attached hydrogens (tertiary/aromatic N) is 2. The van der Waals surface area contributed by atoms with Crippen molar-refractivity contribution in [2.75, 3.05) is 12.4 Å². The van der Waals surface area contributed by atoms with Crippen molar-refractivity contribution in [2.24, 2.45) is 5.73 Å². The number of aliphatic hydroxyl groups is 1. The van der Waals surface area contributed by atoms with E-state index >= 15 is 0 Å². The Morgan fingerprint density at radius 2 is 2.25 bits per heavy atom. The largest absolute Gasteiger partial charge is 0.394 e. The summed E-state index contributed by atoms with van der Waals surface area (Å²) >= 11 is 1.70. The molecule has 1 rings (SSSR count). The van der Waals surface area contributed by atoms with Crippen molar-refractivity contribution in [3.8, 4) is 0 Å². The van der Waals surface area contributed by atoms with E-state index in [2.05, 4.69) is 9.97 Å². The van der Waals surface area contributed by atoms with Gasteiger partial charge in [0.25, 0.3) is 0 Å². The molecule has 0 bridgehead atoms. The van der Waals surface area contributed by atoms with Crippen LogP contribution in [0.4, 0.5) is 0 Å². The van der Waals surface area contributed by atoms with E-state index in [1.54, 1.807) is 30.4 Å². The predicted octanol–water partition coefficient (Wildman–Crippen LogP) is 1.45. The Morgan fingerprint density at radius 1 is 1.44 bits per heavy atom. The maximum Gasteiger partial charge on any atom is 0.114 e. The lowest BCUT2D eigenvalue weighted by Gasteiger charge is -2.21. The van der Waals surface area contributed by atoms with Crippen LogP contribution in [0, 0.1) is 0 Å². The number of hydrogen-bond acceptors (Lipinski definition) is 5. The maximum absolute atomic E-state index is 8.98. The van der Waals surface area contributed by atoms with Gasteiger partial charge in [-0.25, -0.2) is 4.98 Å². The number of unbranched alkanes of at least 4 members (excludes halogenated alkanes) is 1. The molecule has 0 aliphatic heterocycles. The summed E-state index contributed by atoms with van der Waals surface area (Å²) in [6, 6.07) is 0. The summed E-state index contributed by atoms with van der Waals surface area (Å²) in [6.07, 6.45) is 8.10. The van der Waals surface area contributed by atoms with Gasteiger partial charge in [0, 0.05) is 17.9 Å². The van der Waals surface area contributed by atoms with Gasteiger partial charge in [0.2, 0.25) is 0 Å². The first-order chi connectivity index (χ1) is 7.64. The molecule has 1 unspecified atom stereocenters. The molecule has 0 aliphatic carbocycles. The average Bonchev–Trinajstić information content (AvgIpc) is 2.30. The molecule has 0 fully saturated rings. The van der Waals surface area contributed by atoms with E-state index in [0.717, 1.165) is 30.0 Å². The quantitative estimate of drug-likeness (QED) is 0.558. The second-order valence-electron chi connectivity index (χ2n) is 4.16. The van der Waals surface area contributed by atoms with Crippen LogP contribution < -0.4 is 5.73 Å². The lowest BCUT2D eigenvalue weighted by Crippen LogP contribution is -2.39. The second kappa shape index (κ2) is 6.83. The van der Waals surface area contributed by atoms with Crippen molar-refractivity contribution in [3.63, 3.8) is 0 Å². The summed E-state index contributed by atoms with van der Waals surface area (Å²) in [5.74, 6) is 1.01. The van der Waals surface area contributed by atoms with Crippen LogP contribution >= 0.6 is 11.8 Å². The molecular weight excluding hydrogens is 222 g/mol. The molecule has 90 valence electrons. The first-order valence-corrected chi connectivity index (χ1v) is 6.41. The van der Waals surface area contributed by atoms with Crippen LogP contribution in [0.3, 0.4) is 0 Å². The monoisotopic (exact) mass is 241 g/mol. The topological polar surface area (TPSA) is 72.0 Å².